The molecule has 1 aliphatic rings. The fourth-order valence-electron chi connectivity index (χ4n) is 2.63. The van der Waals surface area contributed by atoms with E-state index >= 15 is 0 Å². The summed E-state index contributed by atoms with van der Waals surface area (Å²) in [5.41, 5.74) is 0.512. The Kier molecular flexibility index (Phi) is 5.73. The SMILES string of the molecule is C=C(C)C(=O)OC1CCC(C)CC1CCCC. The first-order valence-corrected chi connectivity index (χ1v) is 6.91. The molecule has 0 saturated heterocycles. The van der Waals surface area contributed by atoms with E-state index < -0.39 is 0 Å². The smallest absolute Gasteiger partial charge is 0.333 e. The van der Waals surface area contributed by atoms with Gasteiger partial charge in [0.25, 0.3) is 0 Å². The van der Waals surface area contributed by atoms with Gasteiger partial charge in [0.2, 0.25) is 0 Å². The van der Waals surface area contributed by atoms with Gasteiger partial charge in [0.05, 0.1) is 0 Å². The van der Waals surface area contributed by atoms with Crippen LogP contribution in [0.25, 0.3) is 0 Å². The molecular formula is C15H26O2. The third-order valence-electron chi connectivity index (χ3n) is 3.71. The highest BCUT2D eigenvalue weighted by molar-refractivity contribution is 5.87. The zero-order chi connectivity index (χ0) is 12.8. The van der Waals surface area contributed by atoms with Crippen LogP contribution < -0.4 is 0 Å². The van der Waals surface area contributed by atoms with E-state index in [0.29, 0.717) is 11.5 Å². The minimum absolute atomic E-state index is 0.127. The van der Waals surface area contributed by atoms with Crippen molar-refractivity contribution in [3.05, 3.63) is 12.2 Å². The summed E-state index contributed by atoms with van der Waals surface area (Å²) in [4.78, 5) is 11.6. The Balaban J connectivity index is 2.53. The van der Waals surface area contributed by atoms with Gasteiger partial charge in [0.1, 0.15) is 6.10 Å². The minimum atomic E-state index is -0.217. The molecule has 0 heterocycles. The molecule has 17 heavy (non-hydrogen) atoms. The van der Waals surface area contributed by atoms with Gasteiger partial charge in [-0.15, -0.1) is 0 Å². The molecule has 3 unspecified atom stereocenters. The van der Waals surface area contributed by atoms with E-state index in [1.54, 1.807) is 6.92 Å². The van der Waals surface area contributed by atoms with E-state index in [1.807, 2.05) is 0 Å². The molecule has 0 amide bonds. The maximum atomic E-state index is 11.6. The molecule has 1 fully saturated rings. The molecule has 1 aliphatic carbocycles. The number of hydrogen-bond donors (Lipinski definition) is 0. The van der Waals surface area contributed by atoms with E-state index in [-0.39, 0.29) is 12.1 Å². The van der Waals surface area contributed by atoms with Crippen LogP contribution >= 0.6 is 0 Å². The first-order valence-electron chi connectivity index (χ1n) is 6.91. The summed E-state index contributed by atoms with van der Waals surface area (Å²) < 4.78 is 5.57. The fraction of sp³-hybridized carbons (Fsp3) is 0.800. The molecule has 2 nitrogen and oxygen atoms in total. The predicted molar refractivity (Wildman–Crippen MR) is 70.7 cm³/mol. The van der Waals surface area contributed by atoms with Crippen molar-refractivity contribution in [2.75, 3.05) is 0 Å². The molecule has 0 aromatic carbocycles. The van der Waals surface area contributed by atoms with E-state index in [1.165, 1.54) is 32.1 Å². The summed E-state index contributed by atoms with van der Waals surface area (Å²) in [7, 11) is 0. The van der Waals surface area contributed by atoms with Crippen LogP contribution in [-0.4, -0.2) is 12.1 Å². The van der Waals surface area contributed by atoms with Crippen molar-refractivity contribution in [1.29, 1.82) is 0 Å². The molecule has 0 bridgehead atoms. The van der Waals surface area contributed by atoms with Crippen molar-refractivity contribution in [3.63, 3.8) is 0 Å². The maximum Gasteiger partial charge on any atom is 0.333 e. The van der Waals surface area contributed by atoms with Gasteiger partial charge in [0, 0.05) is 5.57 Å². The summed E-state index contributed by atoms with van der Waals surface area (Å²) >= 11 is 0. The van der Waals surface area contributed by atoms with Crippen molar-refractivity contribution in [1.82, 2.24) is 0 Å². The summed E-state index contributed by atoms with van der Waals surface area (Å²) in [6, 6.07) is 0. The molecule has 0 aromatic heterocycles. The van der Waals surface area contributed by atoms with Crippen LogP contribution in [0.15, 0.2) is 12.2 Å². The van der Waals surface area contributed by atoms with Crippen molar-refractivity contribution in [2.24, 2.45) is 11.8 Å². The molecule has 0 aromatic rings. The minimum Gasteiger partial charge on any atom is -0.459 e. The lowest BCUT2D eigenvalue weighted by Gasteiger charge is -2.34. The Hall–Kier alpha value is -0.790. The monoisotopic (exact) mass is 238 g/mol. The molecular weight excluding hydrogens is 212 g/mol. The van der Waals surface area contributed by atoms with Gasteiger partial charge < -0.3 is 4.74 Å². The first kappa shape index (κ1) is 14.3. The largest absolute Gasteiger partial charge is 0.459 e. The van der Waals surface area contributed by atoms with Crippen LogP contribution in [0.2, 0.25) is 0 Å². The molecule has 0 spiro atoms. The van der Waals surface area contributed by atoms with E-state index in [4.69, 9.17) is 4.74 Å². The van der Waals surface area contributed by atoms with Crippen LogP contribution in [-0.2, 0) is 9.53 Å². The highest BCUT2D eigenvalue weighted by Crippen LogP contribution is 2.34. The number of rotatable bonds is 5. The number of esters is 1. The number of unbranched alkanes of at least 4 members (excludes halogenated alkanes) is 1. The Bertz CT molecular complexity index is 270. The van der Waals surface area contributed by atoms with Gasteiger partial charge in [-0.2, -0.15) is 0 Å². The van der Waals surface area contributed by atoms with Crippen molar-refractivity contribution in [3.8, 4) is 0 Å². The Labute approximate surface area is 105 Å². The van der Waals surface area contributed by atoms with Gasteiger partial charge in [-0.05, 0) is 44.4 Å². The van der Waals surface area contributed by atoms with Gasteiger partial charge >= 0.3 is 5.97 Å². The van der Waals surface area contributed by atoms with E-state index in [9.17, 15) is 4.79 Å². The second-order valence-electron chi connectivity index (χ2n) is 5.54. The second kappa shape index (κ2) is 6.83. The quantitative estimate of drug-likeness (QED) is 0.532. The van der Waals surface area contributed by atoms with E-state index in [0.717, 1.165) is 12.3 Å². The normalized spacial score (nSPS) is 28.8. The van der Waals surface area contributed by atoms with Crippen molar-refractivity contribution < 1.29 is 9.53 Å². The topological polar surface area (TPSA) is 26.3 Å². The molecule has 2 heteroatoms. The lowest BCUT2D eigenvalue weighted by molar-refractivity contribution is -0.149. The number of ether oxygens (including phenoxy) is 1. The van der Waals surface area contributed by atoms with Gasteiger partial charge in [-0.1, -0.05) is 33.3 Å². The zero-order valence-electron chi connectivity index (χ0n) is 11.5. The molecule has 98 valence electrons. The summed E-state index contributed by atoms with van der Waals surface area (Å²) in [5.74, 6) is 1.12. The van der Waals surface area contributed by atoms with Crippen LogP contribution in [0.1, 0.15) is 59.3 Å². The Morgan fingerprint density at radius 3 is 2.71 bits per heavy atom. The summed E-state index contributed by atoms with van der Waals surface area (Å²) in [6.45, 7) is 9.88. The average molecular weight is 238 g/mol. The number of carbonyl (C=O) groups excluding carboxylic acids is 1. The van der Waals surface area contributed by atoms with Crippen LogP contribution in [0.3, 0.4) is 0 Å². The fourth-order valence-corrected chi connectivity index (χ4v) is 2.63. The molecule has 0 N–H and O–H groups in total. The third kappa shape index (κ3) is 4.53. The average Bonchev–Trinajstić information content (AvgIpc) is 2.29. The van der Waals surface area contributed by atoms with Crippen LogP contribution in [0, 0.1) is 11.8 Å². The second-order valence-corrected chi connectivity index (χ2v) is 5.54. The van der Waals surface area contributed by atoms with Crippen molar-refractivity contribution in [2.45, 2.75) is 65.4 Å². The van der Waals surface area contributed by atoms with E-state index in [2.05, 4.69) is 20.4 Å². The summed E-state index contributed by atoms with van der Waals surface area (Å²) in [6.07, 6.45) is 7.17. The Morgan fingerprint density at radius 2 is 2.12 bits per heavy atom. The Morgan fingerprint density at radius 1 is 1.41 bits per heavy atom. The van der Waals surface area contributed by atoms with Gasteiger partial charge in [-0.25, -0.2) is 4.79 Å². The highest BCUT2D eigenvalue weighted by atomic mass is 16.5. The predicted octanol–water partition coefficient (Wildman–Crippen LogP) is 4.10. The molecule has 1 saturated carbocycles. The number of hydrogen-bond acceptors (Lipinski definition) is 2. The lowest BCUT2D eigenvalue weighted by atomic mass is 9.78. The third-order valence-corrected chi connectivity index (χ3v) is 3.71. The van der Waals surface area contributed by atoms with Gasteiger partial charge in [-0.3, -0.25) is 0 Å². The molecule has 0 aliphatic heterocycles. The standard InChI is InChI=1S/C15H26O2/c1-5-6-7-13-10-12(4)8-9-14(13)17-15(16)11(2)3/h12-14H,2,5-10H2,1,3-4H3. The highest BCUT2D eigenvalue weighted by Gasteiger charge is 2.30. The molecule has 3 atom stereocenters. The first-order chi connectivity index (χ1) is 8.04. The zero-order valence-corrected chi connectivity index (χ0v) is 11.5. The molecule has 0 radical (unpaired) electrons. The van der Waals surface area contributed by atoms with Crippen LogP contribution in [0.4, 0.5) is 0 Å². The van der Waals surface area contributed by atoms with Crippen molar-refractivity contribution >= 4 is 5.97 Å². The number of carbonyl (C=O) groups is 1. The molecule has 1 rings (SSSR count). The maximum absolute atomic E-state index is 11.6. The summed E-state index contributed by atoms with van der Waals surface area (Å²) in [5, 5.41) is 0. The van der Waals surface area contributed by atoms with Crippen LogP contribution in [0.5, 0.6) is 0 Å². The van der Waals surface area contributed by atoms with Gasteiger partial charge in [0.15, 0.2) is 0 Å². The lowest BCUT2D eigenvalue weighted by Crippen LogP contribution is -2.33.